The van der Waals surface area contributed by atoms with Crippen LogP contribution in [0.4, 0.5) is 0 Å². The molecule has 3 heteroatoms. The number of benzene rings is 1. The van der Waals surface area contributed by atoms with E-state index in [1.54, 1.807) is 19.1 Å². The van der Waals surface area contributed by atoms with Crippen molar-refractivity contribution < 1.29 is 14.3 Å². The zero-order valence-corrected chi connectivity index (χ0v) is 11.1. The highest BCUT2D eigenvalue weighted by molar-refractivity contribution is 5.94. The summed E-state index contributed by atoms with van der Waals surface area (Å²) in [5.74, 6) is -0.0976. The average Bonchev–Trinajstić information content (AvgIpc) is 2.37. The van der Waals surface area contributed by atoms with Crippen molar-refractivity contribution >= 4 is 11.8 Å². The van der Waals surface area contributed by atoms with Crippen LogP contribution in [0.15, 0.2) is 24.3 Å². The number of carbonyl (C=O) groups is 2. The van der Waals surface area contributed by atoms with Gasteiger partial charge in [0.2, 0.25) is 0 Å². The zero-order valence-electron chi connectivity index (χ0n) is 11.1. The van der Waals surface area contributed by atoms with Crippen molar-refractivity contribution in [3.8, 4) is 0 Å². The Labute approximate surface area is 108 Å². The summed E-state index contributed by atoms with van der Waals surface area (Å²) >= 11 is 0. The van der Waals surface area contributed by atoms with Crippen LogP contribution in [0.1, 0.15) is 49.0 Å². The quantitative estimate of drug-likeness (QED) is 0.423. The molecule has 0 spiro atoms. The number of hydrogen-bond acceptors (Lipinski definition) is 3. The normalized spacial score (nSPS) is 10.1. The number of esters is 1. The fourth-order valence-electron chi connectivity index (χ4n) is 1.56. The Morgan fingerprint density at radius 2 is 1.83 bits per heavy atom. The Morgan fingerprint density at radius 1 is 1.17 bits per heavy atom. The third-order valence-corrected chi connectivity index (χ3v) is 2.74. The molecule has 0 aliphatic carbocycles. The molecular formula is C15H20O3. The highest BCUT2D eigenvalue weighted by Gasteiger charge is 2.04. The van der Waals surface area contributed by atoms with Gasteiger partial charge in [-0.15, -0.1) is 0 Å². The summed E-state index contributed by atoms with van der Waals surface area (Å²) in [7, 11) is 0. The van der Waals surface area contributed by atoms with E-state index in [-0.39, 0.29) is 11.8 Å². The first-order chi connectivity index (χ1) is 8.63. The number of aryl methyl sites for hydroxylation is 1. The second-order valence-electron chi connectivity index (χ2n) is 4.33. The maximum Gasteiger partial charge on any atom is 0.306 e. The van der Waals surface area contributed by atoms with E-state index in [2.05, 4.69) is 6.92 Å². The number of unbranched alkanes of at least 4 members (excludes halogenated alkanes) is 1. The molecule has 0 unspecified atom stereocenters. The van der Waals surface area contributed by atoms with Gasteiger partial charge >= 0.3 is 5.97 Å². The van der Waals surface area contributed by atoms with Crippen LogP contribution in [0.3, 0.4) is 0 Å². The first-order valence-corrected chi connectivity index (χ1v) is 6.39. The van der Waals surface area contributed by atoms with Gasteiger partial charge in [0.15, 0.2) is 5.78 Å². The number of carbonyl (C=O) groups excluding carboxylic acids is 2. The fourth-order valence-corrected chi connectivity index (χ4v) is 1.56. The second-order valence-corrected chi connectivity index (χ2v) is 4.33. The Balaban J connectivity index is 2.34. The van der Waals surface area contributed by atoms with E-state index in [0.717, 1.165) is 18.4 Å². The van der Waals surface area contributed by atoms with Gasteiger partial charge < -0.3 is 4.74 Å². The topological polar surface area (TPSA) is 43.4 Å². The monoisotopic (exact) mass is 248 g/mol. The van der Waals surface area contributed by atoms with Gasteiger partial charge in [0.1, 0.15) is 0 Å². The van der Waals surface area contributed by atoms with Crippen LogP contribution in [0.5, 0.6) is 0 Å². The third-order valence-electron chi connectivity index (χ3n) is 2.74. The minimum absolute atomic E-state index is 0.0560. The molecule has 0 aliphatic rings. The molecule has 0 amide bonds. The van der Waals surface area contributed by atoms with Gasteiger partial charge in [-0.2, -0.15) is 0 Å². The summed E-state index contributed by atoms with van der Waals surface area (Å²) < 4.78 is 5.07. The number of rotatable bonds is 7. The predicted octanol–water partition coefficient (Wildman–Crippen LogP) is 3.17. The van der Waals surface area contributed by atoms with Crippen molar-refractivity contribution in [2.45, 2.75) is 39.5 Å². The molecule has 0 N–H and O–H groups in total. The van der Waals surface area contributed by atoms with Gasteiger partial charge in [-0.3, -0.25) is 9.59 Å². The van der Waals surface area contributed by atoms with Crippen molar-refractivity contribution in [2.24, 2.45) is 0 Å². The lowest BCUT2D eigenvalue weighted by atomic mass is 10.1. The first kappa shape index (κ1) is 14.4. The SMILES string of the molecule is CCCCOC(=O)CCc1ccc(C(C)=O)cc1. The van der Waals surface area contributed by atoms with E-state index in [1.165, 1.54) is 0 Å². The molecule has 0 heterocycles. The smallest absolute Gasteiger partial charge is 0.306 e. The largest absolute Gasteiger partial charge is 0.466 e. The van der Waals surface area contributed by atoms with Crippen LogP contribution in [0.2, 0.25) is 0 Å². The molecule has 0 aliphatic heterocycles. The summed E-state index contributed by atoms with van der Waals surface area (Å²) in [6, 6.07) is 7.35. The maximum absolute atomic E-state index is 11.4. The lowest BCUT2D eigenvalue weighted by Crippen LogP contribution is -2.07. The number of Topliss-reactive ketones (excluding diaryl/α,β-unsaturated/α-hetero) is 1. The molecule has 1 aromatic carbocycles. The van der Waals surface area contributed by atoms with Crippen molar-refractivity contribution in [2.75, 3.05) is 6.61 Å². The third kappa shape index (κ3) is 5.13. The predicted molar refractivity (Wildman–Crippen MR) is 70.6 cm³/mol. The standard InChI is InChI=1S/C15H20O3/c1-3-4-11-18-15(17)10-7-13-5-8-14(9-6-13)12(2)16/h5-6,8-9H,3-4,7,10-11H2,1-2H3. The molecule has 1 rings (SSSR count). The Morgan fingerprint density at radius 3 is 2.39 bits per heavy atom. The molecule has 0 bridgehead atoms. The van der Waals surface area contributed by atoms with E-state index in [4.69, 9.17) is 4.74 Å². The number of ketones is 1. The average molecular weight is 248 g/mol. The zero-order chi connectivity index (χ0) is 13.4. The van der Waals surface area contributed by atoms with Gasteiger partial charge in [-0.25, -0.2) is 0 Å². The lowest BCUT2D eigenvalue weighted by molar-refractivity contribution is -0.143. The van der Waals surface area contributed by atoms with Crippen molar-refractivity contribution in [1.29, 1.82) is 0 Å². The fraction of sp³-hybridized carbons (Fsp3) is 0.467. The summed E-state index contributed by atoms with van der Waals surface area (Å²) in [5.41, 5.74) is 1.75. The van der Waals surface area contributed by atoms with Gasteiger partial charge in [-0.05, 0) is 25.3 Å². The van der Waals surface area contributed by atoms with Crippen molar-refractivity contribution in [1.82, 2.24) is 0 Å². The molecular weight excluding hydrogens is 228 g/mol. The van der Waals surface area contributed by atoms with E-state index < -0.39 is 0 Å². The van der Waals surface area contributed by atoms with Gasteiger partial charge in [0, 0.05) is 12.0 Å². The van der Waals surface area contributed by atoms with Crippen LogP contribution < -0.4 is 0 Å². The molecule has 3 nitrogen and oxygen atoms in total. The summed E-state index contributed by atoms with van der Waals surface area (Å²) in [4.78, 5) is 22.5. The summed E-state index contributed by atoms with van der Waals surface area (Å²) in [6.45, 7) is 4.11. The molecule has 0 aromatic heterocycles. The Kier molecular flexibility index (Phi) is 6.12. The molecule has 0 saturated heterocycles. The van der Waals surface area contributed by atoms with Crippen LogP contribution in [-0.2, 0) is 16.0 Å². The molecule has 18 heavy (non-hydrogen) atoms. The van der Waals surface area contributed by atoms with Gasteiger partial charge in [0.25, 0.3) is 0 Å². The molecule has 0 saturated carbocycles. The molecule has 0 radical (unpaired) electrons. The summed E-state index contributed by atoms with van der Waals surface area (Å²) in [5, 5.41) is 0. The van der Waals surface area contributed by atoms with Crippen LogP contribution in [-0.4, -0.2) is 18.4 Å². The van der Waals surface area contributed by atoms with E-state index in [1.807, 2.05) is 12.1 Å². The maximum atomic E-state index is 11.4. The van der Waals surface area contributed by atoms with Crippen LogP contribution >= 0.6 is 0 Å². The van der Waals surface area contributed by atoms with Crippen LogP contribution in [0, 0.1) is 0 Å². The lowest BCUT2D eigenvalue weighted by Gasteiger charge is -2.04. The van der Waals surface area contributed by atoms with Crippen molar-refractivity contribution in [3.05, 3.63) is 35.4 Å². The van der Waals surface area contributed by atoms with E-state index >= 15 is 0 Å². The highest BCUT2D eigenvalue weighted by Crippen LogP contribution is 2.08. The van der Waals surface area contributed by atoms with E-state index in [0.29, 0.717) is 25.0 Å². The van der Waals surface area contributed by atoms with Crippen molar-refractivity contribution in [3.63, 3.8) is 0 Å². The van der Waals surface area contributed by atoms with E-state index in [9.17, 15) is 9.59 Å². The minimum atomic E-state index is -0.154. The van der Waals surface area contributed by atoms with Crippen LogP contribution in [0.25, 0.3) is 0 Å². The number of hydrogen-bond donors (Lipinski definition) is 0. The molecule has 98 valence electrons. The molecule has 0 atom stereocenters. The summed E-state index contributed by atoms with van der Waals surface area (Å²) in [6.07, 6.45) is 2.99. The Hall–Kier alpha value is -1.64. The Bertz CT molecular complexity index is 393. The first-order valence-electron chi connectivity index (χ1n) is 6.39. The second kappa shape index (κ2) is 7.64. The number of ether oxygens (including phenoxy) is 1. The van der Waals surface area contributed by atoms with Gasteiger partial charge in [0.05, 0.1) is 6.61 Å². The molecule has 0 fully saturated rings. The highest BCUT2D eigenvalue weighted by atomic mass is 16.5. The molecule has 1 aromatic rings. The minimum Gasteiger partial charge on any atom is -0.466 e. The van der Waals surface area contributed by atoms with Gasteiger partial charge in [-0.1, -0.05) is 37.6 Å².